The molecule has 2 rings (SSSR count). The van der Waals surface area contributed by atoms with Crippen molar-refractivity contribution in [1.29, 1.82) is 5.41 Å². The van der Waals surface area contributed by atoms with E-state index in [4.69, 9.17) is 11.1 Å². The average molecular weight is 309 g/mol. The van der Waals surface area contributed by atoms with Gasteiger partial charge in [0.15, 0.2) is 0 Å². The summed E-state index contributed by atoms with van der Waals surface area (Å²) >= 11 is 1.59. The third kappa shape index (κ3) is 3.41. The Balaban J connectivity index is 0.00000200. The molecule has 0 amide bonds. The van der Waals surface area contributed by atoms with Gasteiger partial charge >= 0.3 is 0 Å². The van der Waals surface area contributed by atoms with Crippen LogP contribution in [0.15, 0.2) is 30.3 Å². The lowest BCUT2D eigenvalue weighted by atomic mass is 9.98. The van der Waals surface area contributed by atoms with E-state index in [0.717, 1.165) is 17.7 Å². The Labute approximate surface area is 130 Å². The number of benzene rings is 1. The molecule has 4 heteroatoms. The number of unbranched alkanes of at least 4 members (excludes halogenated alkanes) is 1. The van der Waals surface area contributed by atoms with Crippen molar-refractivity contribution in [1.82, 2.24) is 0 Å². The van der Waals surface area contributed by atoms with Crippen LogP contribution in [0.3, 0.4) is 0 Å². The minimum absolute atomic E-state index is 0. The van der Waals surface area contributed by atoms with E-state index in [9.17, 15) is 0 Å². The summed E-state index contributed by atoms with van der Waals surface area (Å²) in [6.07, 6.45) is 5.65. The molecule has 0 atom stereocenters. The number of thiophene rings is 1. The second kappa shape index (κ2) is 7.46. The number of amidine groups is 1. The standard InChI is InChI=1S/C16H20N2S.ClH/c1-3-5-7-11(4-2)12-8-6-9-14-13(12)10-15(19-14)16(17)18;/h6-10H,3-5H2,1-2H3,(H3,17,18);1H. The first-order valence-corrected chi connectivity index (χ1v) is 7.55. The van der Waals surface area contributed by atoms with Crippen LogP contribution in [-0.2, 0) is 0 Å². The Morgan fingerprint density at radius 2 is 2.10 bits per heavy atom. The lowest BCUT2D eigenvalue weighted by Crippen LogP contribution is -2.08. The molecule has 0 radical (unpaired) electrons. The fourth-order valence-corrected chi connectivity index (χ4v) is 3.19. The van der Waals surface area contributed by atoms with Gasteiger partial charge < -0.3 is 5.73 Å². The summed E-state index contributed by atoms with van der Waals surface area (Å²) < 4.78 is 1.21. The maximum Gasteiger partial charge on any atom is 0.133 e. The number of fused-ring (bicyclic) bond motifs is 1. The molecule has 0 fully saturated rings. The molecular formula is C16H21ClN2S. The Kier molecular flexibility index (Phi) is 6.24. The van der Waals surface area contributed by atoms with Crippen LogP contribution in [0.25, 0.3) is 15.7 Å². The number of halogens is 1. The molecular weight excluding hydrogens is 288 g/mol. The molecule has 1 heterocycles. The van der Waals surface area contributed by atoms with Crippen LogP contribution in [0.1, 0.15) is 43.6 Å². The highest BCUT2D eigenvalue weighted by molar-refractivity contribution is 7.20. The molecule has 1 aromatic heterocycles. The molecule has 20 heavy (non-hydrogen) atoms. The van der Waals surface area contributed by atoms with Crippen LogP contribution in [0.4, 0.5) is 0 Å². The zero-order valence-corrected chi connectivity index (χ0v) is 13.5. The van der Waals surface area contributed by atoms with E-state index >= 15 is 0 Å². The van der Waals surface area contributed by atoms with Crippen molar-refractivity contribution in [3.8, 4) is 0 Å². The van der Waals surface area contributed by atoms with E-state index < -0.39 is 0 Å². The summed E-state index contributed by atoms with van der Waals surface area (Å²) in [6, 6.07) is 8.41. The Morgan fingerprint density at radius 3 is 2.70 bits per heavy atom. The molecule has 1 aromatic carbocycles. The number of hydrogen-bond donors (Lipinski definition) is 2. The maximum atomic E-state index is 7.57. The first-order valence-electron chi connectivity index (χ1n) is 6.73. The van der Waals surface area contributed by atoms with Crippen molar-refractivity contribution in [2.75, 3.05) is 0 Å². The summed E-state index contributed by atoms with van der Waals surface area (Å²) in [6.45, 7) is 4.39. The van der Waals surface area contributed by atoms with E-state index in [0.29, 0.717) is 0 Å². The molecule has 108 valence electrons. The Morgan fingerprint density at radius 1 is 1.35 bits per heavy atom. The predicted octanol–water partition coefficient (Wildman–Crippen LogP) is 5.20. The summed E-state index contributed by atoms with van der Waals surface area (Å²) in [5.74, 6) is 0.155. The highest BCUT2D eigenvalue weighted by atomic mass is 35.5. The molecule has 0 spiro atoms. The molecule has 0 aliphatic heterocycles. The van der Waals surface area contributed by atoms with Crippen LogP contribution in [0.2, 0.25) is 0 Å². The van der Waals surface area contributed by atoms with Crippen LogP contribution in [-0.4, -0.2) is 5.84 Å². The van der Waals surface area contributed by atoms with Gasteiger partial charge in [0.1, 0.15) is 5.84 Å². The van der Waals surface area contributed by atoms with E-state index in [2.05, 4.69) is 38.1 Å². The summed E-state index contributed by atoms with van der Waals surface area (Å²) in [4.78, 5) is 0.855. The number of nitrogen functional groups attached to an aromatic ring is 1. The van der Waals surface area contributed by atoms with Gasteiger partial charge in [0.25, 0.3) is 0 Å². The van der Waals surface area contributed by atoms with Gasteiger partial charge in [0.2, 0.25) is 0 Å². The molecule has 0 aliphatic rings. The van der Waals surface area contributed by atoms with Gasteiger partial charge in [-0.25, -0.2) is 0 Å². The Hall–Kier alpha value is -1.32. The van der Waals surface area contributed by atoms with Gasteiger partial charge in [-0.3, -0.25) is 5.41 Å². The minimum Gasteiger partial charge on any atom is -0.383 e. The highest BCUT2D eigenvalue weighted by Crippen LogP contribution is 2.33. The highest BCUT2D eigenvalue weighted by Gasteiger charge is 2.09. The van der Waals surface area contributed by atoms with Gasteiger partial charge in [0.05, 0.1) is 4.88 Å². The van der Waals surface area contributed by atoms with Crippen molar-refractivity contribution in [3.05, 3.63) is 40.8 Å². The molecule has 2 nitrogen and oxygen atoms in total. The lowest BCUT2D eigenvalue weighted by Gasteiger charge is -2.07. The van der Waals surface area contributed by atoms with Gasteiger partial charge in [-0.15, -0.1) is 23.7 Å². The SMILES string of the molecule is CCCC=C(CC)c1cccc2sc(C(=N)N)cc12.Cl. The van der Waals surface area contributed by atoms with Crippen molar-refractivity contribution < 1.29 is 0 Å². The number of allylic oxidation sites excluding steroid dienone is 2. The lowest BCUT2D eigenvalue weighted by molar-refractivity contribution is 0.955. The fourth-order valence-electron chi connectivity index (χ4n) is 2.24. The molecule has 2 aromatic rings. The van der Waals surface area contributed by atoms with Crippen LogP contribution < -0.4 is 5.73 Å². The quantitative estimate of drug-likeness (QED) is 0.579. The van der Waals surface area contributed by atoms with Crippen molar-refractivity contribution in [3.63, 3.8) is 0 Å². The van der Waals surface area contributed by atoms with Crippen molar-refractivity contribution >= 4 is 45.2 Å². The third-order valence-electron chi connectivity index (χ3n) is 3.23. The summed E-state index contributed by atoms with van der Waals surface area (Å²) in [5, 5.41) is 8.80. The molecule has 0 bridgehead atoms. The molecule has 0 saturated heterocycles. The maximum absolute atomic E-state index is 7.57. The van der Waals surface area contributed by atoms with E-state index in [1.165, 1.54) is 27.6 Å². The molecule has 0 unspecified atom stereocenters. The predicted molar refractivity (Wildman–Crippen MR) is 93.3 cm³/mol. The first kappa shape index (κ1) is 16.7. The Bertz CT molecular complexity index is 628. The fraction of sp³-hybridized carbons (Fsp3) is 0.312. The number of nitrogens with one attached hydrogen (secondary N) is 1. The summed E-state index contributed by atoms with van der Waals surface area (Å²) in [5.41, 5.74) is 8.27. The summed E-state index contributed by atoms with van der Waals surface area (Å²) in [7, 11) is 0. The molecule has 0 aliphatic carbocycles. The van der Waals surface area contributed by atoms with Crippen LogP contribution >= 0.6 is 23.7 Å². The first-order chi connectivity index (χ1) is 9.17. The zero-order valence-electron chi connectivity index (χ0n) is 11.9. The van der Waals surface area contributed by atoms with Gasteiger partial charge in [-0.2, -0.15) is 0 Å². The van der Waals surface area contributed by atoms with Gasteiger partial charge in [-0.1, -0.05) is 38.5 Å². The van der Waals surface area contributed by atoms with Gasteiger partial charge in [0, 0.05) is 10.1 Å². The van der Waals surface area contributed by atoms with Crippen LogP contribution in [0.5, 0.6) is 0 Å². The number of nitrogens with two attached hydrogens (primary N) is 1. The second-order valence-corrected chi connectivity index (χ2v) is 5.70. The van der Waals surface area contributed by atoms with E-state index in [-0.39, 0.29) is 18.2 Å². The van der Waals surface area contributed by atoms with Crippen LogP contribution in [0, 0.1) is 5.41 Å². The average Bonchev–Trinajstić information content (AvgIpc) is 2.84. The zero-order chi connectivity index (χ0) is 13.8. The topological polar surface area (TPSA) is 49.9 Å². The minimum atomic E-state index is 0. The molecule has 0 saturated carbocycles. The third-order valence-corrected chi connectivity index (χ3v) is 4.37. The van der Waals surface area contributed by atoms with E-state index in [1.54, 1.807) is 11.3 Å². The number of rotatable bonds is 5. The number of hydrogen-bond acceptors (Lipinski definition) is 2. The molecule has 3 N–H and O–H groups in total. The monoisotopic (exact) mass is 308 g/mol. The largest absolute Gasteiger partial charge is 0.383 e. The smallest absolute Gasteiger partial charge is 0.133 e. The van der Waals surface area contributed by atoms with Gasteiger partial charge in [-0.05, 0) is 36.1 Å². The normalized spacial score (nSPS) is 11.4. The van der Waals surface area contributed by atoms with Crippen molar-refractivity contribution in [2.45, 2.75) is 33.1 Å². The second-order valence-electron chi connectivity index (χ2n) is 4.61. The van der Waals surface area contributed by atoms with E-state index in [1.807, 2.05) is 6.07 Å². The van der Waals surface area contributed by atoms with Crippen molar-refractivity contribution in [2.24, 2.45) is 5.73 Å².